The number of rotatable bonds is 3. The molecule has 1 N–H and O–H groups in total. The number of hydrogen-bond acceptors (Lipinski definition) is 4. The van der Waals surface area contributed by atoms with Crippen LogP contribution in [-0.2, 0) is 14.4 Å². The monoisotopic (exact) mass is 268 g/mol. The quantitative estimate of drug-likeness (QED) is 0.746. The molecule has 0 aromatic carbocycles. The second-order valence-electron chi connectivity index (χ2n) is 5.59. The summed E-state index contributed by atoms with van der Waals surface area (Å²) in [5.41, 5.74) is 0. The van der Waals surface area contributed by atoms with Crippen molar-refractivity contribution in [3.05, 3.63) is 0 Å². The average molecular weight is 268 g/mol. The van der Waals surface area contributed by atoms with E-state index in [1.54, 1.807) is 0 Å². The Morgan fingerprint density at radius 3 is 2.58 bits per heavy atom. The molecular weight excluding hydrogens is 248 g/mol. The molecule has 0 radical (unpaired) electrons. The number of amides is 2. The number of imide groups is 1. The highest BCUT2D eigenvalue weighted by Gasteiger charge is 2.44. The number of carboxylic acids is 1. The molecule has 6 nitrogen and oxygen atoms in total. The van der Waals surface area contributed by atoms with E-state index >= 15 is 0 Å². The molecule has 6 heteroatoms. The van der Waals surface area contributed by atoms with Gasteiger partial charge in [-0.15, -0.1) is 0 Å². The standard InChI is InChI=1S/C13H20N2O4/c1-8(2)15-11(16)6-10(12(15)17)14-5-3-4-9(7-14)13(18)19/h8-10H,3-7H2,1-2H3,(H,18,19). The second-order valence-corrected chi connectivity index (χ2v) is 5.59. The Hall–Kier alpha value is -1.43. The van der Waals surface area contributed by atoms with Crippen LogP contribution >= 0.6 is 0 Å². The normalized spacial score (nSPS) is 29.3. The molecule has 2 saturated heterocycles. The Bertz CT molecular complexity index is 407. The molecule has 0 saturated carbocycles. The van der Waals surface area contributed by atoms with Crippen molar-refractivity contribution in [2.75, 3.05) is 13.1 Å². The van der Waals surface area contributed by atoms with E-state index in [0.717, 1.165) is 6.42 Å². The first kappa shape index (κ1) is 14.0. The Kier molecular flexibility index (Phi) is 3.89. The number of carboxylic acid groups (broad SMARTS) is 1. The van der Waals surface area contributed by atoms with Gasteiger partial charge in [0.1, 0.15) is 0 Å². The van der Waals surface area contributed by atoms with Crippen molar-refractivity contribution in [2.45, 2.75) is 45.2 Å². The van der Waals surface area contributed by atoms with Crippen molar-refractivity contribution >= 4 is 17.8 Å². The Labute approximate surface area is 112 Å². The molecule has 2 fully saturated rings. The van der Waals surface area contributed by atoms with Crippen LogP contribution in [0.5, 0.6) is 0 Å². The minimum Gasteiger partial charge on any atom is -0.481 e. The van der Waals surface area contributed by atoms with Crippen LogP contribution in [0.25, 0.3) is 0 Å². The summed E-state index contributed by atoms with van der Waals surface area (Å²) in [5, 5.41) is 9.07. The summed E-state index contributed by atoms with van der Waals surface area (Å²) in [4.78, 5) is 38.3. The molecule has 0 aliphatic carbocycles. The summed E-state index contributed by atoms with van der Waals surface area (Å²) in [5.74, 6) is -1.57. The number of aliphatic carboxylic acids is 1. The first-order chi connectivity index (χ1) is 8.91. The van der Waals surface area contributed by atoms with Gasteiger partial charge in [0.2, 0.25) is 11.8 Å². The van der Waals surface area contributed by atoms with Crippen molar-refractivity contribution in [1.29, 1.82) is 0 Å². The van der Waals surface area contributed by atoms with E-state index in [0.29, 0.717) is 19.5 Å². The fourth-order valence-electron chi connectivity index (χ4n) is 2.95. The lowest BCUT2D eigenvalue weighted by Crippen LogP contribution is -2.49. The topological polar surface area (TPSA) is 77.9 Å². The van der Waals surface area contributed by atoms with Gasteiger partial charge in [0.05, 0.1) is 18.4 Å². The summed E-state index contributed by atoms with van der Waals surface area (Å²) in [6.45, 7) is 4.69. The Morgan fingerprint density at radius 1 is 1.37 bits per heavy atom. The molecule has 2 heterocycles. The van der Waals surface area contributed by atoms with Gasteiger partial charge in [0, 0.05) is 12.6 Å². The largest absolute Gasteiger partial charge is 0.481 e. The van der Waals surface area contributed by atoms with E-state index in [1.807, 2.05) is 18.7 Å². The fraction of sp³-hybridized carbons (Fsp3) is 0.769. The lowest BCUT2D eigenvalue weighted by atomic mass is 9.96. The maximum atomic E-state index is 12.2. The van der Waals surface area contributed by atoms with Crippen LogP contribution in [0.1, 0.15) is 33.1 Å². The highest BCUT2D eigenvalue weighted by molar-refractivity contribution is 6.05. The predicted octanol–water partition coefficient (Wildman–Crippen LogP) is 0.319. The number of likely N-dealkylation sites (tertiary alicyclic amines) is 2. The molecule has 2 unspecified atom stereocenters. The SMILES string of the molecule is CC(C)N1C(=O)CC(N2CCCC(C(=O)O)C2)C1=O. The summed E-state index contributed by atoms with van der Waals surface area (Å²) < 4.78 is 0. The first-order valence-corrected chi connectivity index (χ1v) is 6.74. The van der Waals surface area contributed by atoms with Gasteiger partial charge < -0.3 is 5.11 Å². The third-order valence-electron chi connectivity index (χ3n) is 3.92. The van der Waals surface area contributed by atoms with Gasteiger partial charge in [-0.25, -0.2) is 0 Å². The zero-order valence-electron chi connectivity index (χ0n) is 11.3. The lowest BCUT2D eigenvalue weighted by molar-refractivity contribution is -0.146. The summed E-state index contributed by atoms with van der Waals surface area (Å²) in [6, 6.07) is -0.595. The number of piperidine rings is 1. The van der Waals surface area contributed by atoms with Gasteiger partial charge >= 0.3 is 5.97 Å². The molecule has 2 rings (SSSR count). The zero-order valence-corrected chi connectivity index (χ0v) is 11.3. The lowest BCUT2D eigenvalue weighted by Gasteiger charge is -2.34. The second kappa shape index (κ2) is 5.28. The molecule has 106 valence electrons. The van der Waals surface area contributed by atoms with E-state index in [9.17, 15) is 14.4 Å². The van der Waals surface area contributed by atoms with Crippen LogP contribution < -0.4 is 0 Å². The van der Waals surface area contributed by atoms with Gasteiger partial charge in [0.25, 0.3) is 0 Å². The van der Waals surface area contributed by atoms with Crippen LogP contribution in [0, 0.1) is 5.92 Å². The Morgan fingerprint density at radius 2 is 2.05 bits per heavy atom. The van der Waals surface area contributed by atoms with Gasteiger partial charge in [-0.05, 0) is 33.2 Å². The highest BCUT2D eigenvalue weighted by Crippen LogP contribution is 2.26. The van der Waals surface area contributed by atoms with E-state index in [-0.39, 0.29) is 24.3 Å². The molecule has 2 atom stereocenters. The minimum atomic E-state index is -0.817. The first-order valence-electron chi connectivity index (χ1n) is 6.74. The molecule has 0 aromatic heterocycles. The van der Waals surface area contributed by atoms with Gasteiger partial charge in [-0.2, -0.15) is 0 Å². The van der Waals surface area contributed by atoms with Crippen molar-refractivity contribution in [1.82, 2.24) is 9.80 Å². The van der Waals surface area contributed by atoms with Crippen LogP contribution in [0.15, 0.2) is 0 Å². The van der Waals surface area contributed by atoms with Crippen LogP contribution in [-0.4, -0.2) is 57.9 Å². The minimum absolute atomic E-state index is 0.134. The van der Waals surface area contributed by atoms with E-state index in [2.05, 4.69) is 0 Å². The molecule has 0 aromatic rings. The fourth-order valence-corrected chi connectivity index (χ4v) is 2.95. The van der Waals surface area contributed by atoms with Crippen LogP contribution in [0.3, 0.4) is 0 Å². The maximum absolute atomic E-state index is 12.2. The average Bonchev–Trinajstić information content (AvgIpc) is 2.65. The number of carbonyl (C=O) groups is 3. The number of hydrogen-bond donors (Lipinski definition) is 1. The highest BCUT2D eigenvalue weighted by atomic mass is 16.4. The van der Waals surface area contributed by atoms with Crippen LogP contribution in [0.2, 0.25) is 0 Å². The molecule has 2 aliphatic rings. The summed E-state index contributed by atoms with van der Waals surface area (Å²) in [7, 11) is 0. The molecule has 2 aliphatic heterocycles. The molecule has 19 heavy (non-hydrogen) atoms. The van der Waals surface area contributed by atoms with E-state index in [1.165, 1.54) is 4.90 Å². The number of carbonyl (C=O) groups excluding carboxylic acids is 2. The van der Waals surface area contributed by atoms with Crippen molar-refractivity contribution in [3.8, 4) is 0 Å². The smallest absolute Gasteiger partial charge is 0.307 e. The zero-order chi connectivity index (χ0) is 14.2. The third kappa shape index (κ3) is 2.63. The maximum Gasteiger partial charge on any atom is 0.307 e. The Balaban J connectivity index is 2.08. The van der Waals surface area contributed by atoms with E-state index in [4.69, 9.17) is 5.11 Å². The molecule has 0 spiro atoms. The summed E-state index contributed by atoms with van der Waals surface area (Å²) in [6.07, 6.45) is 1.59. The van der Waals surface area contributed by atoms with Crippen molar-refractivity contribution < 1.29 is 19.5 Å². The molecule has 0 bridgehead atoms. The number of nitrogens with zero attached hydrogens (tertiary/aromatic N) is 2. The molecule has 2 amide bonds. The van der Waals surface area contributed by atoms with Crippen molar-refractivity contribution in [3.63, 3.8) is 0 Å². The third-order valence-corrected chi connectivity index (χ3v) is 3.92. The summed E-state index contributed by atoms with van der Waals surface area (Å²) >= 11 is 0. The molecular formula is C13H20N2O4. The van der Waals surface area contributed by atoms with Crippen molar-refractivity contribution in [2.24, 2.45) is 5.92 Å². The van der Waals surface area contributed by atoms with E-state index < -0.39 is 17.9 Å². The predicted molar refractivity (Wildman–Crippen MR) is 67.3 cm³/mol. The van der Waals surface area contributed by atoms with Gasteiger partial charge in [-0.1, -0.05) is 0 Å². The van der Waals surface area contributed by atoms with Gasteiger partial charge in [0.15, 0.2) is 0 Å². The van der Waals surface area contributed by atoms with Crippen LogP contribution in [0.4, 0.5) is 0 Å². The van der Waals surface area contributed by atoms with Gasteiger partial charge in [-0.3, -0.25) is 24.2 Å².